The molecule has 5 nitrogen and oxygen atoms in total. The van der Waals surface area contributed by atoms with Gasteiger partial charge in [0.25, 0.3) is 0 Å². The second-order valence-corrected chi connectivity index (χ2v) is 4.62. The van der Waals surface area contributed by atoms with Gasteiger partial charge in [-0.05, 0) is 29.8 Å². The van der Waals surface area contributed by atoms with Crippen molar-refractivity contribution in [2.75, 3.05) is 12.8 Å². The van der Waals surface area contributed by atoms with Crippen LogP contribution in [-0.4, -0.2) is 21.6 Å². The fourth-order valence-electron chi connectivity index (χ4n) is 2.23. The third-order valence-electron chi connectivity index (χ3n) is 3.32. The molecule has 108 valence electrons. The lowest BCUT2D eigenvalue weighted by Crippen LogP contribution is -1.96. The van der Waals surface area contributed by atoms with E-state index < -0.39 is 5.82 Å². The maximum atomic E-state index is 13.8. The van der Waals surface area contributed by atoms with Gasteiger partial charge < -0.3 is 15.6 Å². The largest absolute Gasteiger partial charge is 0.494 e. The van der Waals surface area contributed by atoms with Crippen LogP contribution in [0.15, 0.2) is 36.5 Å². The van der Waals surface area contributed by atoms with Gasteiger partial charge in [0.15, 0.2) is 11.6 Å². The number of fused-ring (bicyclic) bond motifs is 1. The Morgan fingerprint density at radius 1 is 1.33 bits per heavy atom. The normalized spacial score (nSPS) is 11.0. The monoisotopic (exact) mass is 287 g/mol. The Morgan fingerprint density at radius 2 is 2.14 bits per heavy atom. The van der Waals surface area contributed by atoms with Crippen molar-refractivity contribution in [2.24, 2.45) is 0 Å². The molecule has 0 bridgehead atoms. The highest BCUT2D eigenvalue weighted by Gasteiger charge is 2.13. The van der Waals surface area contributed by atoms with Gasteiger partial charge in [0, 0.05) is 11.8 Å². The number of nitrogen functional groups attached to an aromatic ring is 1. The summed E-state index contributed by atoms with van der Waals surface area (Å²) in [5.41, 5.74) is 8.50. The topological polar surface area (TPSA) is 72.8 Å². The smallest absolute Gasteiger partial charge is 0.165 e. The predicted molar refractivity (Wildman–Crippen MR) is 77.5 cm³/mol. The second-order valence-electron chi connectivity index (χ2n) is 4.62. The molecule has 3 rings (SSSR count). The fourth-order valence-corrected chi connectivity index (χ4v) is 2.23. The van der Waals surface area contributed by atoms with E-state index in [9.17, 15) is 4.39 Å². The lowest BCUT2D eigenvalue weighted by molar-refractivity contribution is 0.281. The number of methoxy groups -OCH3 is 1. The number of nitrogens with zero attached hydrogens (tertiary/aromatic N) is 2. The van der Waals surface area contributed by atoms with Crippen LogP contribution in [0, 0.1) is 5.82 Å². The molecule has 0 unspecified atom stereocenters. The number of imidazole rings is 1. The Morgan fingerprint density at radius 3 is 2.81 bits per heavy atom. The molecule has 0 saturated carbocycles. The molecule has 0 atom stereocenters. The number of benzene rings is 1. The SMILES string of the molecule is COc1ccc(-c2nc3ccc(CO)cn3c2N)cc1F. The van der Waals surface area contributed by atoms with Crippen LogP contribution >= 0.6 is 0 Å². The average molecular weight is 287 g/mol. The van der Waals surface area contributed by atoms with Crippen molar-refractivity contribution in [3.05, 3.63) is 47.9 Å². The van der Waals surface area contributed by atoms with Crippen LogP contribution < -0.4 is 10.5 Å². The number of halogens is 1. The molecule has 3 N–H and O–H groups in total. The molecule has 1 aromatic carbocycles. The summed E-state index contributed by atoms with van der Waals surface area (Å²) in [5.74, 6) is 0.0935. The average Bonchev–Trinajstić information content (AvgIpc) is 2.83. The molecule has 0 aliphatic rings. The van der Waals surface area contributed by atoms with Crippen molar-refractivity contribution in [3.63, 3.8) is 0 Å². The third-order valence-corrected chi connectivity index (χ3v) is 3.32. The van der Waals surface area contributed by atoms with E-state index in [2.05, 4.69) is 4.98 Å². The Balaban J connectivity index is 2.16. The van der Waals surface area contributed by atoms with E-state index in [-0.39, 0.29) is 12.4 Å². The first-order valence-electron chi connectivity index (χ1n) is 6.35. The Kier molecular flexibility index (Phi) is 3.23. The summed E-state index contributed by atoms with van der Waals surface area (Å²) in [6.07, 6.45) is 1.71. The Labute approximate surface area is 120 Å². The van der Waals surface area contributed by atoms with Crippen LogP contribution in [0.3, 0.4) is 0 Å². The summed E-state index contributed by atoms with van der Waals surface area (Å²) in [6.45, 7) is -0.0833. The minimum Gasteiger partial charge on any atom is -0.494 e. The van der Waals surface area contributed by atoms with Gasteiger partial charge in [-0.3, -0.25) is 4.40 Å². The number of hydrogen-bond acceptors (Lipinski definition) is 4. The van der Waals surface area contributed by atoms with Crippen molar-refractivity contribution in [1.29, 1.82) is 0 Å². The van der Waals surface area contributed by atoms with Crippen LogP contribution in [0.1, 0.15) is 5.56 Å². The first kappa shape index (κ1) is 13.4. The zero-order chi connectivity index (χ0) is 15.0. The van der Waals surface area contributed by atoms with Gasteiger partial charge in [-0.15, -0.1) is 0 Å². The Bertz CT molecular complexity index is 814. The van der Waals surface area contributed by atoms with E-state index in [1.807, 2.05) is 0 Å². The summed E-state index contributed by atoms with van der Waals surface area (Å²) < 4.78 is 20.4. The zero-order valence-corrected chi connectivity index (χ0v) is 11.4. The first-order chi connectivity index (χ1) is 10.1. The van der Waals surface area contributed by atoms with Crippen molar-refractivity contribution >= 4 is 11.5 Å². The lowest BCUT2D eigenvalue weighted by Gasteiger charge is -2.04. The number of nitrogens with two attached hydrogens (primary N) is 1. The molecular weight excluding hydrogens is 273 g/mol. The zero-order valence-electron chi connectivity index (χ0n) is 11.4. The lowest BCUT2D eigenvalue weighted by atomic mass is 10.1. The molecule has 3 aromatic rings. The van der Waals surface area contributed by atoms with Crippen LogP contribution in [-0.2, 0) is 6.61 Å². The fraction of sp³-hybridized carbons (Fsp3) is 0.133. The number of anilines is 1. The van der Waals surface area contributed by atoms with Crippen molar-refractivity contribution in [3.8, 4) is 17.0 Å². The number of aliphatic hydroxyl groups is 1. The van der Waals surface area contributed by atoms with Crippen LogP contribution in [0.4, 0.5) is 10.2 Å². The van der Waals surface area contributed by atoms with Gasteiger partial charge in [0.2, 0.25) is 0 Å². The maximum absolute atomic E-state index is 13.8. The van der Waals surface area contributed by atoms with Crippen LogP contribution in [0.25, 0.3) is 16.9 Å². The standard InChI is InChI=1S/C15H14FN3O2/c1-21-12-4-3-10(6-11(12)16)14-15(17)19-7-9(8-20)2-5-13(19)18-14/h2-7,20H,8,17H2,1H3. The molecule has 21 heavy (non-hydrogen) atoms. The molecule has 0 aliphatic heterocycles. The number of pyridine rings is 1. The molecule has 0 spiro atoms. The van der Waals surface area contributed by atoms with Crippen LogP contribution in [0.2, 0.25) is 0 Å². The van der Waals surface area contributed by atoms with E-state index in [0.717, 1.165) is 5.56 Å². The predicted octanol–water partition coefficient (Wildman–Crippen LogP) is 2.22. The van der Waals surface area contributed by atoms with Crippen LogP contribution in [0.5, 0.6) is 5.75 Å². The quantitative estimate of drug-likeness (QED) is 0.774. The van der Waals surface area contributed by atoms with Gasteiger partial charge in [0.05, 0.1) is 13.7 Å². The van der Waals surface area contributed by atoms with E-state index in [4.69, 9.17) is 15.6 Å². The number of rotatable bonds is 3. The first-order valence-corrected chi connectivity index (χ1v) is 6.35. The molecule has 2 aromatic heterocycles. The highest BCUT2D eigenvalue weighted by molar-refractivity contribution is 5.75. The van der Waals surface area contributed by atoms with Crippen molar-refractivity contribution in [1.82, 2.24) is 9.38 Å². The third kappa shape index (κ3) is 2.19. The highest BCUT2D eigenvalue weighted by atomic mass is 19.1. The van der Waals surface area contributed by atoms with Crippen molar-refractivity contribution in [2.45, 2.75) is 6.61 Å². The van der Waals surface area contributed by atoms with E-state index >= 15 is 0 Å². The van der Waals surface area contributed by atoms with Gasteiger partial charge in [0.1, 0.15) is 17.2 Å². The summed E-state index contributed by atoms with van der Waals surface area (Å²) in [5, 5.41) is 9.17. The number of aliphatic hydroxyl groups excluding tert-OH is 1. The molecule has 0 fully saturated rings. The van der Waals surface area contributed by atoms with Gasteiger partial charge >= 0.3 is 0 Å². The van der Waals surface area contributed by atoms with E-state index in [0.29, 0.717) is 22.7 Å². The molecule has 2 heterocycles. The van der Waals surface area contributed by atoms with Gasteiger partial charge in [-0.25, -0.2) is 9.37 Å². The molecule has 0 radical (unpaired) electrons. The molecule has 0 aliphatic carbocycles. The minimum absolute atomic E-state index is 0.0833. The van der Waals surface area contributed by atoms with Crippen molar-refractivity contribution < 1.29 is 14.2 Å². The number of ether oxygens (including phenoxy) is 1. The second kappa shape index (κ2) is 5.06. The number of hydrogen-bond donors (Lipinski definition) is 2. The van der Waals surface area contributed by atoms with Gasteiger partial charge in [-0.1, -0.05) is 6.07 Å². The van der Waals surface area contributed by atoms with E-state index in [1.54, 1.807) is 28.8 Å². The van der Waals surface area contributed by atoms with Gasteiger partial charge in [-0.2, -0.15) is 0 Å². The molecule has 0 saturated heterocycles. The minimum atomic E-state index is -0.470. The number of aromatic nitrogens is 2. The molecule has 6 heteroatoms. The highest BCUT2D eigenvalue weighted by Crippen LogP contribution is 2.29. The summed E-state index contributed by atoms with van der Waals surface area (Å²) >= 11 is 0. The maximum Gasteiger partial charge on any atom is 0.165 e. The molecule has 0 amide bonds. The summed E-state index contributed by atoms with van der Waals surface area (Å²) in [7, 11) is 1.41. The Hall–Kier alpha value is -2.60. The summed E-state index contributed by atoms with van der Waals surface area (Å²) in [4.78, 5) is 4.40. The van der Waals surface area contributed by atoms with E-state index in [1.165, 1.54) is 19.2 Å². The summed E-state index contributed by atoms with van der Waals surface area (Å²) in [6, 6.07) is 8.09. The molecular formula is C15H14FN3O2.